The van der Waals surface area contributed by atoms with Crippen LogP contribution in [0.1, 0.15) is 54.6 Å². The maximum atomic E-state index is 12.8. The molecule has 0 saturated carbocycles. The Morgan fingerprint density at radius 3 is 1.71 bits per heavy atom. The van der Waals surface area contributed by atoms with Crippen LogP contribution in [0, 0.1) is 49.0 Å². The number of H-pyrrole nitrogens is 1. The molecule has 0 unspecified atom stereocenters. The Balaban J connectivity index is 0.0000122. The molecule has 0 bridgehead atoms. The number of nitrogen functional groups attached to an aromatic ring is 1. The molecule has 0 saturated heterocycles. The summed E-state index contributed by atoms with van der Waals surface area (Å²) in [5.41, 5.74) is 6.27. The van der Waals surface area contributed by atoms with Crippen molar-refractivity contribution >= 4 is 40.3 Å². The van der Waals surface area contributed by atoms with Crippen molar-refractivity contribution in [2.75, 3.05) is 130 Å². The summed E-state index contributed by atoms with van der Waals surface area (Å²) in [5, 5.41) is 5.89. The average molecular weight is 1060 g/mol. The van der Waals surface area contributed by atoms with Crippen LogP contribution >= 0.6 is 0 Å². The fourth-order valence-corrected chi connectivity index (χ4v) is 6.12. The Bertz CT molecular complexity index is 2080. The number of benzene rings is 1. The fraction of sp³-hybridized carbons (Fsp3) is 0.542. The molecule has 2 aromatic heterocycles. The van der Waals surface area contributed by atoms with Crippen molar-refractivity contribution in [1.29, 1.82) is 0 Å². The van der Waals surface area contributed by atoms with Gasteiger partial charge >= 0.3 is 0 Å². The van der Waals surface area contributed by atoms with Gasteiger partial charge in [-0.3, -0.25) is 24.2 Å². The summed E-state index contributed by atoms with van der Waals surface area (Å²) < 4.78 is 49.8. The minimum atomic E-state index is -0.791. The molecule has 0 fully saturated rings. The van der Waals surface area contributed by atoms with E-state index in [2.05, 4.69) is 48.3 Å². The number of nitrogens with two attached hydrogens (primary N) is 1. The molecule has 0 spiro atoms. The van der Waals surface area contributed by atoms with Gasteiger partial charge in [0.15, 0.2) is 11.2 Å². The second kappa shape index (κ2) is 39.9. The van der Waals surface area contributed by atoms with Crippen LogP contribution in [-0.2, 0) is 92.3 Å². The van der Waals surface area contributed by atoms with Crippen LogP contribution in [0.15, 0.2) is 35.3 Å². The Morgan fingerprint density at radius 1 is 0.671 bits per heavy atom. The molecule has 3 aromatic rings. The molecule has 70 heavy (non-hydrogen) atoms. The molecule has 22 heteroatoms. The van der Waals surface area contributed by atoms with Gasteiger partial charge in [-0.05, 0) is 37.1 Å². The number of amides is 1. The number of carbonyl (C=O) groups excluding carboxylic acids is 3. The first kappa shape index (κ1) is 63.2. The minimum Gasteiger partial charge on any atom is -0.502 e. The number of terminal acetylenes is 3. The summed E-state index contributed by atoms with van der Waals surface area (Å²) in [6.07, 6.45) is 19.5. The fourth-order valence-electron chi connectivity index (χ4n) is 6.12. The number of hydrogen-bond donors (Lipinski definition) is 4. The number of fused-ring (bicyclic) bond motifs is 1. The van der Waals surface area contributed by atoms with Crippen molar-refractivity contribution in [2.24, 2.45) is 5.41 Å². The summed E-state index contributed by atoms with van der Waals surface area (Å²) in [5.74, 6) is 6.94. The van der Waals surface area contributed by atoms with E-state index >= 15 is 0 Å². The first-order valence-electron chi connectivity index (χ1n) is 22.2. The second-order valence-corrected chi connectivity index (χ2v) is 15.0. The van der Waals surface area contributed by atoms with E-state index in [0.29, 0.717) is 116 Å². The molecule has 3 rings (SSSR count). The first-order chi connectivity index (χ1) is 33.2. The molecule has 20 nitrogen and oxygen atoms in total. The summed E-state index contributed by atoms with van der Waals surface area (Å²) in [7, 11) is 0. The zero-order valence-electron chi connectivity index (χ0n) is 39.3. The Kier molecular flexibility index (Phi) is 36.0. The number of nitrogens with one attached hydrogen (secondary N) is 3. The van der Waals surface area contributed by atoms with Crippen LogP contribution in [0.2, 0.25) is 0 Å². The summed E-state index contributed by atoms with van der Waals surface area (Å²) in [6, 6.07) is 6.84. The third-order valence-electron chi connectivity index (χ3n) is 9.39. The van der Waals surface area contributed by atoms with E-state index in [1.807, 2.05) is 0 Å². The van der Waals surface area contributed by atoms with E-state index in [-0.39, 0.29) is 127 Å². The summed E-state index contributed by atoms with van der Waals surface area (Å²) >= 11 is 0. The number of anilines is 2. The second-order valence-electron chi connectivity index (χ2n) is 15.0. The average Bonchev–Trinajstić information content (AvgIpc) is 3.33. The van der Waals surface area contributed by atoms with Gasteiger partial charge in [0.2, 0.25) is 11.9 Å². The number of carbonyl (C=O) groups is 3. The van der Waals surface area contributed by atoms with E-state index in [0.717, 1.165) is 5.69 Å². The minimum absolute atomic E-state index is 0. The Hall–Kier alpha value is -4.82. The number of aromatic amines is 1. The number of nitrogens with zero attached hydrogens (tertiary/aromatic N) is 3. The van der Waals surface area contributed by atoms with Gasteiger partial charge in [0, 0.05) is 76.1 Å². The molecular weight excluding hydrogens is 1000 g/mol. The molecule has 0 aliphatic heterocycles. The molecule has 388 valence electrons. The van der Waals surface area contributed by atoms with E-state index in [1.165, 1.54) is 6.20 Å². The summed E-state index contributed by atoms with van der Waals surface area (Å²) in [4.78, 5) is 64.5. The molecule has 5 N–H and O–H groups in total. The third kappa shape index (κ3) is 28.1. The van der Waals surface area contributed by atoms with Gasteiger partial charge in [-0.15, -0.1) is 19.3 Å². The Labute approximate surface area is 430 Å². The number of ether oxygens (including phenoxy) is 9. The standard InChI is InChI=1S/C48H64N7O13.2Co/c1-4-17-66-35-48(36-67-18-5-2,37-68-19-6-3)32-42(57)15-21-61-23-25-63-27-29-65-31-30-64-28-26-62-24-22-60-20-8-10-41(56)9-7-16-50-45(58)38-11-13-39(14-12-38)51-33-40-34-52-44-43(53-40)46(59)55-47(49)54-44;;/h1-3,11-14,16,34,51H,7-10,15,17-33,35-37H2,(H,50,58)(H3,49,52,54,55,59);;/q-1;;. The number of Topliss-reactive ketones (excluding diaryl/α,β-unsaturated/α-hetero) is 2. The van der Waals surface area contributed by atoms with Gasteiger partial charge in [-0.25, -0.2) is 16.5 Å². The van der Waals surface area contributed by atoms with Crippen molar-refractivity contribution < 1.29 is 90.6 Å². The maximum Gasteiger partial charge on any atom is 0.280 e. The first-order valence-corrected chi connectivity index (χ1v) is 22.2. The number of hydrogen-bond acceptors (Lipinski definition) is 18. The van der Waals surface area contributed by atoms with E-state index in [1.54, 1.807) is 30.8 Å². The molecule has 2 radical (unpaired) electrons. The normalized spacial score (nSPS) is 10.9. The van der Waals surface area contributed by atoms with Crippen LogP contribution in [-0.4, -0.2) is 156 Å². The Morgan fingerprint density at radius 2 is 1.19 bits per heavy atom. The number of rotatable bonds is 41. The largest absolute Gasteiger partial charge is 0.502 e. The molecule has 2 heterocycles. The molecule has 0 aliphatic rings. The monoisotopic (exact) mass is 1060 g/mol. The van der Waals surface area contributed by atoms with Gasteiger partial charge in [-0.2, -0.15) is 11.4 Å². The molecule has 1 amide bonds. The van der Waals surface area contributed by atoms with Crippen molar-refractivity contribution in [1.82, 2.24) is 25.3 Å². The van der Waals surface area contributed by atoms with Crippen molar-refractivity contribution in [2.45, 2.75) is 45.1 Å². The topological polar surface area (TPSA) is 256 Å². The summed E-state index contributed by atoms with van der Waals surface area (Å²) in [6.45, 7) is 7.18. The molecule has 0 aliphatic carbocycles. The van der Waals surface area contributed by atoms with Crippen LogP contribution in [0.5, 0.6) is 0 Å². The van der Waals surface area contributed by atoms with Crippen molar-refractivity contribution in [3.05, 3.63) is 58.6 Å². The third-order valence-corrected chi connectivity index (χ3v) is 9.39. The van der Waals surface area contributed by atoms with Gasteiger partial charge in [0.1, 0.15) is 31.4 Å². The van der Waals surface area contributed by atoms with Gasteiger partial charge in [0.25, 0.3) is 5.56 Å². The van der Waals surface area contributed by atoms with Gasteiger partial charge < -0.3 is 59.0 Å². The molecule has 1 aromatic carbocycles. The molecule has 0 atom stereocenters. The van der Waals surface area contributed by atoms with Crippen LogP contribution in [0.4, 0.5) is 11.6 Å². The molecular formula is C48H64Co2N7O13-. The van der Waals surface area contributed by atoms with E-state index in [4.69, 9.17) is 67.6 Å². The van der Waals surface area contributed by atoms with Crippen molar-refractivity contribution in [3.63, 3.8) is 0 Å². The quantitative estimate of drug-likeness (QED) is 0.0361. The number of ketones is 2. The van der Waals surface area contributed by atoms with Gasteiger partial charge in [0.05, 0.1) is 111 Å². The van der Waals surface area contributed by atoms with Crippen LogP contribution < -0.4 is 21.9 Å². The van der Waals surface area contributed by atoms with E-state index in [9.17, 15) is 19.2 Å². The smallest absolute Gasteiger partial charge is 0.280 e. The number of aromatic nitrogens is 4. The predicted molar refractivity (Wildman–Crippen MR) is 252 cm³/mol. The predicted octanol–water partition coefficient (Wildman–Crippen LogP) is 2.31. The van der Waals surface area contributed by atoms with Gasteiger partial charge in [-0.1, -0.05) is 17.8 Å². The maximum absolute atomic E-state index is 12.8. The van der Waals surface area contributed by atoms with Crippen LogP contribution in [0.25, 0.3) is 11.2 Å². The van der Waals surface area contributed by atoms with Crippen LogP contribution in [0.3, 0.4) is 0 Å². The zero-order chi connectivity index (χ0) is 48.9. The van der Waals surface area contributed by atoms with Crippen molar-refractivity contribution in [3.8, 4) is 37.0 Å². The SMILES string of the molecule is C#CCOCC(COCC#C)(COCC#C)CC(=O)CCOCCOCCOCCOCCOCCOCCCC(=O)CC[CH-]NC(=O)c1ccc(NCc2cnc3nc(N)[nH]c(=O)c3n2)cc1.[Co].[Co]. The van der Waals surface area contributed by atoms with E-state index < -0.39 is 11.0 Å². The zero-order valence-corrected chi connectivity index (χ0v) is 41.3.